The highest BCUT2D eigenvalue weighted by Crippen LogP contribution is 2.52. The molecule has 0 unspecified atom stereocenters. The van der Waals surface area contributed by atoms with Gasteiger partial charge < -0.3 is 35.3 Å². The van der Waals surface area contributed by atoms with Crippen LogP contribution in [0.25, 0.3) is 320 Å². The summed E-state index contributed by atoms with van der Waals surface area (Å²) in [5, 5.41) is 45.2. The Hall–Kier alpha value is -17.4. The first-order valence-electron chi connectivity index (χ1n) is 47.4. The number of aromatic nitrogens is 4. The van der Waals surface area contributed by atoms with E-state index in [1.807, 2.05) is 69.6 Å². The lowest BCUT2D eigenvalue weighted by Crippen LogP contribution is -1.90. The van der Waals surface area contributed by atoms with Crippen molar-refractivity contribution in [2.45, 2.75) is 0 Å². The van der Waals surface area contributed by atoms with E-state index in [0.717, 1.165) is 55.4 Å². The van der Waals surface area contributed by atoms with Crippen LogP contribution in [-0.4, -0.2) is 17.6 Å². The molecule has 36 rings (SSSR count). The van der Waals surface area contributed by atoms with Crippen LogP contribution in [0, 0.1) is 0 Å². The van der Waals surface area contributed by atoms with Crippen LogP contribution < -0.4 is 0 Å². The summed E-state index contributed by atoms with van der Waals surface area (Å²) in [6.45, 7) is 0. The molecular weight excluding hydrogens is 1790 g/mol. The number of thiophene rings is 4. The predicted octanol–water partition coefficient (Wildman–Crippen LogP) is 38.7. The Labute approximate surface area is 807 Å². The smallest absolute Gasteiger partial charge is 0.136 e. The van der Waals surface area contributed by atoms with E-state index in [0.29, 0.717) is 0 Å². The fourth-order valence-corrected chi connectivity index (χ4v) is 28.6. The summed E-state index contributed by atoms with van der Waals surface area (Å²) in [6.07, 6.45) is 9.16. The first-order valence-corrected chi connectivity index (χ1v) is 50.7. The van der Waals surface area contributed by atoms with Crippen molar-refractivity contribution in [3.63, 3.8) is 0 Å². The van der Waals surface area contributed by atoms with Gasteiger partial charge >= 0.3 is 0 Å². The molecule has 0 fully saturated rings. The van der Waals surface area contributed by atoms with Gasteiger partial charge in [-0.05, 0) is 167 Å². The zero-order chi connectivity index (χ0) is 90.7. The lowest BCUT2D eigenvalue weighted by molar-refractivity contribution is 0.669. The number of rotatable bonds is 0. The third kappa shape index (κ3) is 10.5. The first-order chi connectivity index (χ1) is 69.4. The fraction of sp³-hybridized carbons (Fsp3) is 0. The maximum atomic E-state index is 6.37. The monoisotopic (exact) mass is 1850 g/mol. The van der Waals surface area contributed by atoms with Crippen molar-refractivity contribution < 1.29 is 17.7 Å². The molecule has 0 aliphatic carbocycles. The molecule has 20 aromatic carbocycles. The highest BCUT2D eigenvalue weighted by Gasteiger charge is 2.27. The second kappa shape index (κ2) is 28.2. The van der Waals surface area contributed by atoms with Crippen molar-refractivity contribution in [1.82, 2.24) is 17.6 Å². The van der Waals surface area contributed by atoms with Gasteiger partial charge in [0.2, 0.25) is 0 Å². The zero-order valence-corrected chi connectivity index (χ0v) is 77.6. The maximum Gasteiger partial charge on any atom is 0.136 e. The molecular formula is C128H68N4O4S4. The van der Waals surface area contributed by atoms with Crippen molar-refractivity contribution in [3.8, 4) is 0 Å². The molecule has 0 spiro atoms. The van der Waals surface area contributed by atoms with Crippen LogP contribution in [0.1, 0.15) is 0 Å². The van der Waals surface area contributed by atoms with Gasteiger partial charge in [-0.15, -0.1) is 45.3 Å². The molecule has 0 aliphatic heterocycles. The predicted molar refractivity (Wildman–Crippen MR) is 600 cm³/mol. The topological polar surface area (TPSA) is 70.2 Å². The molecule has 0 atom stereocenters. The van der Waals surface area contributed by atoms with Gasteiger partial charge in [-0.1, -0.05) is 243 Å². The molecule has 36 aromatic rings. The lowest BCUT2D eigenvalue weighted by Gasteiger charge is -2.11. The largest absolute Gasteiger partial charge is 0.456 e. The molecule has 8 nitrogen and oxygen atoms in total. The number of furan rings is 4. The van der Waals surface area contributed by atoms with Gasteiger partial charge in [-0.2, -0.15) is 0 Å². The van der Waals surface area contributed by atoms with Crippen LogP contribution in [0.15, 0.2) is 431 Å². The summed E-state index contributed by atoms with van der Waals surface area (Å²) in [5.74, 6) is 0. The molecule has 648 valence electrons. The molecule has 12 heteroatoms. The Morgan fingerprint density at radius 3 is 0.771 bits per heavy atom. The van der Waals surface area contributed by atoms with E-state index >= 15 is 0 Å². The molecule has 16 aromatic heterocycles. The lowest BCUT2D eigenvalue weighted by atomic mass is 9.97. The van der Waals surface area contributed by atoms with E-state index in [9.17, 15) is 0 Å². The van der Waals surface area contributed by atoms with Gasteiger partial charge in [0.05, 0.1) is 44.1 Å². The highest BCUT2D eigenvalue weighted by molar-refractivity contribution is 7.27. The molecule has 0 saturated heterocycles. The van der Waals surface area contributed by atoms with Crippen molar-refractivity contribution in [3.05, 3.63) is 413 Å². The molecule has 0 amide bonds. The number of benzene rings is 20. The number of hydrogen-bond donors (Lipinski definition) is 0. The second-order valence-electron chi connectivity index (χ2n) is 37.5. The van der Waals surface area contributed by atoms with E-state index in [1.54, 1.807) is 0 Å². The zero-order valence-electron chi connectivity index (χ0n) is 74.3. The molecule has 140 heavy (non-hydrogen) atoms. The molecule has 0 radical (unpaired) electrons. The average molecular weight is 1850 g/mol. The van der Waals surface area contributed by atoms with Gasteiger partial charge in [0.25, 0.3) is 0 Å². The van der Waals surface area contributed by atoms with Crippen LogP contribution in [0.2, 0.25) is 0 Å². The van der Waals surface area contributed by atoms with Crippen molar-refractivity contribution >= 4 is 366 Å². The third-order valence-corrected chi connectivity index (χ3v) is 34.7. The summed E-state index contributed by atoms with van der Waals surface area (Å²) in [5.41, 5.74) is 17.4. The summed E-state index contributed by atoms with van der Waals surface area (Å²) in [6, 6.07) is 140. The molecule has 0 saturated carbocycles. The Bertz CT molecular complexity index is 11900. The first kappa shape index (κ1) is 75.9. The van der Waals surface area contributed by atoms with E-state index < -0.39 is 0 Å². The minimum Gasteiger partial charge on any atom is -0.456 e. The summed E-state index contributed by atoms with van der Waals surface area (Å²) in [4.78, 5) is 0. The molecule has 0 aliphatic rings. The van der Waals surface area contributed by atoms with E-state index in [4.69, 9.17) is 17.7 Å². The fourth-order valence-electron chi connectivity index (χ4n) is 24.1. The van der Waals surface area contributed by atoms with Crippen LogP contribution in [0.4, 0.5) is 0 Å². The Morgan fingerprint density at radius 1 is 0.136 bits per heavy atom. The normalized spacial score (nSPS) is 12.6. The molecule has 0 bridgehead atoms. The van der Waals surface area contributed by atoms with Crippen molar-refractivity contribution in [2.75, 3.05) is 0 Å². The Morgan fingerprint density at radius 2 is 0.386 bits per heavy atom. The van der Waals surface area contributed by atoms with E-state index in [-0.39, 0.29) is 0 Å². The highest BCUT2D eigenvalue weighted by atomic mass is 32.1. The number of fused-ring (bicyclic) bond motifs is 58. The number of hydrogen-bond acceptors (Lipinski definition) is 8. The van der Waals surface area contributed by atoms with Crippen LogP contribution >= 0.6 is 45.3 Å². The Balaban J connectivity index is 0.0000000829. The van der Waals surface area contributed by atoms with Gasteiger partial charge in [0, 0.05) is 235 Å². The van der Waals surface area contributed by atoms with Crippen molar-refractivity contribution in [1.29, 1.82) is 0 Å². The van der Waals surface area contributed by atoms with E-state index in [2.05, 4.69) is 406 Å². The Kier molecular flexibility index (Phi) is 15.3. The van der Waals surface area contributed by atoms with Crippen molar-refractivity contribution in [2.24, 2.45) is 0 Å². The third-order valence-electron chi connectivity index (χ3n) is 30.2. The van der Waals surface area contributed by atoms with E-state index in [1.165, 1.54) is 265 Å². The quantitative estimate of drug-likeness (QED) is 0.142. The molecule has 16 heterocycles. The SMILES string of the molecule is c1ccc2c(c1)cn1c3cc4sc5ccccc5c4cc3c3cc4c(cc3c21)oc1ccccc14.c1ccc2c(c1)cn1c3cc4sc5ccccc5c4cc3c3cc4oc5ccccc5c4cc3c21.c1ccc2c(c1)cn1c3ccc4sc5ccccc5c4c3c3cc4c(cc3c21)oc1ccccc14.c1ccc2c(c1)cn1c3ccc4sc5ccccc5c4c3c3cc4oc5ccccc5c4cc3c21. The summed E-state index contributed by atoms with van der Waals surface area (Å²) >= 11 is 7.49. The van der Waals surface area contributed by atoms with Gasteiger partial charge in [-0.3, -0.25) is 0 Å². The minimum absolute atomic E-state index is 0.935. The van der Waals surface area contributed by atoms with Gasteiger partial charge in [0.1, 0.15) is 44.7 Å². The number of nitrogens with zero attached hydrogens (tertiary/aromatic N) is 4. The maximum absolute atomic E-state index is 6.37. The van der Waals surface area contributed by atoms with Crippen LogP contribution in [0.3, 0.4) is 0 Å². The molecule has 0 N–H and O–H groups in total. The summed E-state index contributed by atoms with van der Waals surface area (Å²) < 4.78 is 45.6. The van der Waals surface area contributed by atoms with Gasteiger partial charge in [0.15, 0.2) is 0 Å². The standard InChI is InChI=1S/4C32H17NOS/c1-2-8-19-18(7-1)17-33-27-16-31-25(21-10-4-6-12-30(21)35-31)13-23(27)22-15-29-24(14-26(22)32(19)33)20-9-3-5-11-28(20)34-29;1-2-8-19-18(7-1)17-33-27-16-31-25(21-10-4-6-12-30(21)35-31)14-23(27)22-13-24-20-9-3-5-11-28(20)34-29(24)15-26(22)32(19)33;1-2-8-19-18(7-1)17-33-25-13-14-29-31(21-10-4-6-12-28(21)35-29)30(25)23-16-27-22(15-24(23)32(19)33)20-9-3-5-11-26(20)34-27;1-2-8-19-18(7-1)17-33-25-13-14-29-31(21-10-4-6-12-28(21)35-29)30(25)23-15-22-20-9-3-5-11-26(20)34-27(22)16-24(23)32(19)33/h4*1-17H. The second-order valence-corrected chi connectivity index (χ2v) is 41.8. The number of para-hydroxylation sites is 4. The summed E-state index contributed by atoms with van der Waals surface area (Å²) in [7, 11) is 0. The van der Waals surface area contributed by atoms with Crippen LogP contribution in [-0.2, 0) is 0 Å². The average Bonchev–Trinajstić information content (AvgIpc) is 1.52. The number of pyridine rings is 4. The van der Waals surface area contributed by atoms with Crippen LogP contribution in [0.5, 0.6) is 0 Å². The minimum atomic E-state index is 0.935. The van der Waals surface area contributed by atoms with Gasteiger partial charge in [-0.25, -0.2) is 0 Å².